The largest absolute Gasteiger partial charge is 0.469 e. The van der Waals surface area contributed by atoms with Crippen LogP contribution in [-0.2, 0) is 9.59 Å². The van der Waals surface area contributed by atoms with Gasteiger partial charge in [-0.2, -0.15) is 0 Å². The molecule has 102 valence electrons. The summed E-state index contributed by atoms with van der Waals surface area (Å²) in [6.07, 6.45) is 5.20. The average Bonchev–Trinajstić information content (AvgIpc) is 3.11. The summed E-state index contributed by atoms with van der Waals surface area (Å²) in [5.41, 5.74) is 0.805. The Morgan fingerprint density at radius 2 is 1.95 bits per heavy atom. The fourth-order valence-corrected chi connectivity index (χ4v) is 2.76. The van der Waals surface area contributed by atoms with E-state index in [4.69, 9.17) is 8.83 Å². The van der Waals surface area contributed by atoms with Crippen LogP contribution in [0.15, 0.2) is 51.7 Å². The lowest BCUT2D eigenvalue weighted by Crippen LogP contribution is -2.30. The number of rotatable bonds is 3. The minimum Gasteiger partial charge on any atom is -0.469 e. The molecule has 0 aromatic carbocycles. The van der Waals surface area contributed by atoms with Crippen LogP contribution in [0.2, 0.25) is 0 Å². The van der Waals surface area contributed by atoms with Crippen molar-refractivity contribution in [1.82, 2.24) is 0 Å². The third kappa shape index (κ3) is 2.13. The first-order valence-corrected chi connectivity index (χ1v) is 6.49. The lowest BCUT2D eigenvalue weighted by molar-refractivity contribution is -0.130. The zero-order valence-corrected chi connectivity index (χ0v) is 11.0. The maximum Gasteiger partial charge on any atom is 0.167 e. The number of carbonyl (C=O) groups is 2. The van der Waals surface area contributed by atoms with Crippen molar-refractivity contribution in [3.8, 4) is 0 Å². The molecule has 4 nitrogen and oxygen atoms in total. The normalized spacial score (nSPS) is 22.6. The molecule has 1 aliphatic rings. The van der Waals surface area contributed by atoms with Gasteiger partial charge in [0.1, 0.15) is 17.3 Å². The second-order valence-corrected chi connectivity index (χ2v) is 4.96. The lowest BCUT2D eigenvalue weighted by atomic mass is 9.75. The van der Waals surface area contributed by atoms with E-state index in [1.807, 2.05) is 6.07 Å². The van der Waals surface area contributed by atoms with Crippen molar-refractivity contribution in [2.75, 3.05) is 0 Å². The quantitative estimate of drug-likeness (QED) is 0.803. The smallest absolute Gasteiger partial charge is 0.167 e. The number of hydrogen-bond donors (Lipinski definition) is 0. The van der Waals surface area contributed by atoms with E-state index in [0.717, 1.165) is 5.57 Å². The number of allylic oxidation sites excluding steroid dienone is 2. The Bertz CT molecular complexity index is 647. The molecule has 20 heavy (non-hydrogen) atoms. The number of furan rings is 2. The monoisotopic (exact) mass is 270 g/mol. The zero-order chi connectivity index (χ0) is 14.1. The van der Waals surface area contributed by atoms with Gasteiger partial charge in [0.15, 0.2) is 5.78 Å². The molecular formula is C16H14O4. The van der Waals surface area contributed by atoms with E-state index in [9.17, 15) is 9.59 Å². The minimum absolute atomic E-state index is 0.133. The lowest BCUT2D eigenvalue weighted by Gasteiger charge is -2.26. The van der Waals surface area contributed by atoms with E-state index in [2.05, 4.69) is 0 Å². The number of carbonyl (C=O) groups excluding carboxylic acids is 2. The molecule has 0 radical (unpaired) electrons. The SMILES string of the molecule is CC(=O)[C@H]1C(=O)C=C(c2ccco2)C[C@H]1c1ccco1. The number of ketones is 2. The Morgan fingerprint density at radius 3 is 2.55 bits per heavy atom. The summed E-state index contributed by atoms with van der Waals surface area (Å²) < 4.78 is 10.8. The first-order valence-electron chi connectivity index (χ1n) is 6.49. The van der Waals surface area contributed by atoms with Crippen molar-refractivity contribution < 1.29 is 18.4 Å². The fourth-order valence-electron chi connectivity index (χ4n) is 2.76. The van der Waals surface area contributed by atoms with Crippen molar-refractivity contribution >= 4 is 17.1 Å². The summed E-state index contributed by atoms with van der Waals surface area (Å²) in [7, 11) is 0. The van der Waals surface area contributed by atoms with Gasteiger partial charge in [0.2, 0.25) is 0 Å². The van der Waals surface area contributed by atoms with E-state index in [-0.39, 0.29) is 17.5 Å². The third-order valence-corrected chi connectivity index (χ3v) is 3.65. The summed E-state index contributed by atoms with van der Waals surface area (Å²) in [5.74, 6) is 0.0790. The van der Waals surface area contributed by atoms with Gasteiger partial charge >= 0.3 is 0 Å². The first kappa shape index (κ1) is 12.7. The maximum atomic E-state index is 12.3. The van der Waals surface area contributed by atoms with Crippen LogP contribution < -0.4 is 0 Å². The van der Waals surface area contributed by atoms with Crippen LogP contribution in [0.5, 0.6) is 0 Å². The number of hydrogen-bond acceptors (Lipinski definition) is 4. The molecule has 0 bridgehead atoms. The van der Waals surface area contributed by atoms with Gasteiger partial charge in [-0.15, -0.1) is 0 Å². The summed E-state index contributed by atoms with van der Waals surface area (Å²) in [6.45, 7) is 1.45. The van der Waals surface area contributed by atoms with Crippen molar-refractivity contribution in [2.45, 2.75) is 19.3 Å². The zero-order valence-electron chi connectivity index (χ0n) is 11.0. The second-order valence-electron chi connectivity index (χ2n) is 4.96. The van der Waals surface area contributed by atoms with Gasteiger partial charge in [0, 0.05) is 5.92 Å². The van der Waals surface area contributed by atoms with Crippen LogP contribution in [0.3, 0.4) is 0 Å². The molecule has 1 aliphatic carbocycles. The minimum atomic E-state index is -0.667. The Hall–Kier alpha value is -2.36. The van der Waals surface area contributed by atoms with Crippen LogP contribution in [0.25, 0.3) is 5.57 Å². The molecule has 0 spiro atoms. The molecule has 2 aromatic heterocycles. The van der Waals surface area contributed by atoms with Crippen LogP contribution in [-0.4, -0.2) is 11.6 Å². The van der Waals surface area contributed by atoms with Gasteiger partial charge in [0.25, 0.3) is 0 Å². The molecule has 3 rings (SSSR count). The van der Waals surface area contributed by atoms with Gasteiger partial charge in [-0.1, -0.05) is 0 Å². The highest BCUT2D eigenvalue weighted by molar-refractivity contribution is 6.11. The predicted molar refractivity (Wildman–Crippen MR) is 71.9 cm³/mol. The van der Waals surface area contributed by atoms with Crippen LogP contribution in [0, 0.1) is 5.92 Å². The molecule has 0 N–H and O–H groups in total. The van der Waals surface area contributed by atoms with Gasteiger partial charge in [-0.05, 0) is 49.3 Å². The van der Waals surface area contributed by atoms with E-state index >= 15 is 0 Å². The molecule has 2 heterocycles. The van der Waals surface area contributed by atoms with Gasteiger partial charge < -0.3 is 8.83 Å². The van der Waals surface area contributed by atoms with Gasteiger partial charge in [0.05, 0.1) is 18.4 Å². The van der Waals surface area contributed by atoms with E-state index in [0.29, 0.717) is 17.9 Å². The first-order chi connectivity index (χ1) is 9.66. The molecule has 2 aromatic rings. The van der Waals surface area contributed by atoms with E-state index < -0.39 is 5.92 Å². The molecule has 0 amide bonds. The average molecular weight is 270 g/mol. The van der Waals surface area contributed by atoms with Crippen LogP contribution in [0.4, 0.5) is 0 Å². The second kappa shape index (κ2) is 4.96. The van der Waals surface area contributed by atoms with Crippen LogP contribution in [0.1, 0.15) is 30.8 Å². The summed E-state index contributed by atoms with van der Waals surface area (Å²) in [6, 6.07) is 7.16. The highest BCUT2D eigenvalue weighted by Crippen LogP contribution is 2.40. The highest BCUT2D eigenvalue weighted by atomic mass is 16.3. The predicted octanol–water partition coefficient (Wildman–Crippen LogP) is 3.22. The molecule has 4 heteroatoms. The topological polar surface area (TPSA) is 60.4 Å². The molecule has 0 saturated carbocycles. The highest BCUT2D eigenvalue weighted by Gasteiger charge is 2.38. The Balaban J connectivity index is 2.02. The fraction of sp³-hybridized carbons (Fsp3) is 0.250. The van der Waals surface area contributed by atoms with Crippen molar-refractivity contribution in [1.29, 1.82) is 0 Å². The molecule has 2 atom stereocenters. The number of Topliss-reactive ketones (excluding diaryl/α,β-unsaturated/α-hetero) is 1. The summed E-state index contributed by atoms with van der Waals surface area (Å²) >= 11 is 0. The van der Waals surface area contributed by atoms with Crippen molar-refractivity contribution in [3.63, 3.8) is 0 Å². The summed E-state index contributed by atoms with van der Waals surface area (Å²) in [4.78, 5) is 24.1. The summed E-state index contributed by atoms with van der Waals surface area (Å²) in [5, 5.41) is 0. The molecule has 0 unspecified atom stereocenters. The molecule has 0 fully saturated rings. The molecule has 0 aliphatic heterocycles. The molecule has 0 saturated heterocycles. The Kier molecular flexibility index (Phi) is 3.14. The standard InChI is InChI=1S/C16H14O4/c1-10(17)16-12(15-5-3-7-20-15)8-11(9-13(16)18)14-4-2-6-19-14/h2-7,9,12,16H,8H2,1H3/t12-,16+/m0/s1. The third-order valence-electron chi connectivity index (χ3n) is 3.65. The van der Waals surface area contributed by atoms with Crippen molar-refractivity contribution in [2.24, 2.45) is 5.92 Å². The maximum absolute atomic E-state index is 12.3. The van der Waals surface area contributed by atoms with Crippen LogP contribution >= 0.6 is 0 Å². The van der Waals surface area contributed by atoms with E-state index in [1.165, 1.54) is 13.0 Å². The van der Waals surface area contributed by atoms with Gasteiger partial charge in [-0.25, -0.2) is 0 Å². The Labute approximate surface area is 116 Å². The molecular weight excluding hydrogens is 256 g/mol. The Morgan fingerprint density at radius 1 is 1.20 bits per heavy atom. The van der Waals surface area contributed by atoms with Gasteiger partial charge in [-0.3, -0.25) is 9.59 Å². The van der Waals surface area contributed by atoms with E-state index in [1.54, 1.807) is 30.7 Å². The van der Waals surface area contributed by atoms with Crippen molar-refractivity contribution in [3.05, 3.63) is 54.4 Å².